The molecule has 0 saturated carbocycles. The summed E-state index contributed by atoms with van der Waals surface area (Å²) in [4.78, 5) is 13.9. The Hall–Kier alpha value is -0.610. The average molecular weight is 272 g/mol. The van der Waals surface area contributed by atoms with Crippen LogP contribution in [-0.2, 0) is 4.79 Å². The quantitative estimate of drug-likeness (QED) is 0.710. The van der Waals surface area contributed by atoms with Gasteiger partial charge in [0.1, 0.15) is 0 Å². The van der Waals surface area contributed by atoms with E-state index in [-0.39, 0.29) is 24.0 Å². The van der Waals surface area contributed by atoms with Crippen LogP contribution in [0, 0.1) is 11.3 Å². The summed E-state index contributed by atoms with van der Waals surface area (Å²) in [5.41, 5.74) is 5.84. The molecule has 4 heteroatoms. The van der Waals surface area contributed by atoms with E-state index in [2.05, 4.69) is 20.8 Å². The van der Waals surface area contributed by atoms with Crippen molar-refractivity contribution < 1.29 is 9.90 Å². The van der Waals surface area contributed by atoms with E-state index in [0.717, 1.165) is 12.8 Å². The Balaban J connectivity index is 4.45. The number of aliphatic hydroxyl groups is 1. The van der Waals surface area contributed by atoms with Gasteiger partial charge in [0, 0.05) is 19.0 Å². The maximum atomic E-state index is 12.2. The van der Waals surface area contributed by atoms with Crippen LogP contribution in [0.4, 0.5) is 0 Å². The number of rotatable bonds is 8. The molecule has 1 unspecified atom stereocenters. The standard InChI is InChI=1S/C15H32N2O2/c1-12(2)17(10-11-18)14(19)7-6-13(8-9-16)15(3,4)5/h12-13,18H,6-11,16H2,1-5H3. The molecule has 0 aliphatic heterocycles. The molecule has 4 nitrogen and oxygen atoms in total. The van der Waals surface area contributed by atoms with Gasteiger partial charge in [-0.15, -0.1) is 0 Å². The predicted octanol–water partition coefficient (Wildman–Crippen LogP) is 2.01. The minimum Gasteiger partial charge on any atom is -0.395 e. The fourth-order valence-corrected chi connectivity index (χ4v) is 2.43. The largest absolute Gasteiger partial charge is 0.395 e. The second kappa shape index (κ2) is 8.54. The smallest absolute Gasteiger partial charge is 0.222 e. The molecule has 0 aliphatic rings. The monoisotopic (exact) mass is 272 g/mol. The Morgan fingerprint density at radius 3 is 2.21 bits per heavy atom. The number of carbonyl (C=O) groups excluding carboxylic acids is 1. The zero-order valence-corrected chi connectivity index (χ0v) is 13.3. The summed E-state index contributed by atoms with van der Waals surface area (Å²) in [7, 11) is 0. The summed E-state index contributed by atoms with van der Waals surface area (Å²) in [6.45, 7) is 11.7. The van der Waals surface area contributed by atoms with Crippen molar-refractivity contribution in [3.05, 3.63) is 0 Å². The van der Waals surface area contributed by atoms with Crippen LogP contribution < -0.4 is 5.73 Å². The van der Waals surface area contributed by atoms with Crippen molar-refractivity contribution in [3.8, 4) is 0 Å². The second-order valence-electron chi connectivity index (χ2n) is 6.58. The summed E-state index contributed by atoms with van der Waals surface area (Å²) >= 11 is 0. The fraction of sp³-hybridized carbons (Fsp3) is 0.933. The van der Waals surface area contributed by atoms with E-state index in [1.807, 2.05) is 13.8 Å². The van der Waals surface area contributed by atoms with E-state index >= 15 is 0 Å². The third-order valence-corrected chi connectivity index (χ3v) is 3.73. The van der Waals surface area contributed by atoms with Crippen LogP contribution in [0.5, 0.6) is 0 Å². The van der Waals surface area contributed by atoms with Crippen LogP contribution in [0.2, 0.25) is 0 Å². The lowest BCUT2D eigenvalue weighted by Crippen LogP contribution is -2.39. The van der Waals surface area contributed by atoms with Gasteiger partial charge in [0.2, 0.25) is 5.91 Å². The molecule has 114 valence electrons. The molecule has 0 heterocycles. The zero-order valence-electron chi connectivity index (χ0n) is 13.3. The lowest BCUT2D eigenvalue weighted by Gasteiger charge is -2.32. The van der Waals surface area contributed by atoms with Gasteiger partial charge in [-0.1, -0.05) is 20.8 Å². The number of nitrogens with zero attached hydrogens (tertiary/aromatic N) is 1. The van der Waals surface area contributed by atoms with Crippen molar-refractivity contribution in [2.24, 2.45) is 17.1 Å². The highest BCUT2D eigenvalue weighted by atomic mass is 16.3. The first-order valence-corrected chi connectivity index (χ1v) is 7.34. The van der Waals surface area contributed by atoms with Crippen LogP contribution in [-0.4, -0.2) is 41.7 Å². The topological polar surface area (TPSA) is 66.6 Å². The number of amides is 1. The average Bonchev–Trinajstić information content (AvgIpc) is 2.29. The lowest BCUT2D eigenvalue weighted by atomic mass is 9.76. The van der Waals surface area contributed by atoms with E-state index in [1.54, 1.807) is 4.90 Å². The maximum absolute atomic E-state index is 12.2. The lowest BCUT2D eigenvalue weighted by molar-refractivity contribution is -0.133. The van der Waals surface area contributed by atoms with Crippen LogP contribution in [0.3, 0.4) is 0 Å². The van der Waals surface area contributed by atoms with Gasteiger partial charge in [0.25, 0.3) is 0 Å². The molecule has 1 atom stereocenters. The third kappa shape index (κ3) is 6.92. The minimum absolute atomic E-state index is 0.0232. The van der Waals surface area contributed by atoms with E-state index in [0.29, 0.717) is 25.4 Å². The number of hydrogen-bond donors (Lipinski definition) is 2. The molecule has 19 heavy (non-hydrogen) atoms. The summed E-state index contributed by atoms with van der Waals surface area (Å²) < 4.78 is 0. The molecule has 0 aromatic heterocycles. The Morgan fingerprint density at radius 2 is 1.84 bits per heavy atom. The molecule has 0 aromatic rings. The Bertz CT molecular complexity index is 259. The molecule has 0 bridgehead atoms. The summed E-state index contributed by atoms with van der Waals surface area (Å²) in [5, 5.41) is 9.01. The Morgan fingerprint density at radius 1 is 1.26 bits per heavy atom. The highest BCUT2D eigenvalue weighted by Gasteiger charge is 2.25. The van der Waals surface area contributed by atoms with Crippen LogP contribution in [0.15, 0.2) is 0 Å². The molecule has 0 spiro atoms. The first-order chi connectivity index (χ1) is 8.73. The van der Waals surface area contributed by atoms with E-state index < -0.39 is 0 Å². The molecule has 0 aliphatic carbocycles. The second-order valence-corrected chi connectivity index (χ2v) is 6.58. The number of aliphatic hydroxyl groups excluding tert-OH is 1. The van der Waals surface area contributed by atoms with Crippen molar-refractivity contribution in [2.45, 2.75) is 59.9 Å². The molecule has 0 saturated heterocycles. The number of nitrogens with two attached hydrogens (primary N) is 1. The number of carbonyl (C=O) groups is 1. The highest BCUT2D eigenvalue weighted by Crippen LogP contribution is 2.32. The number of hydrogen-bond acceptors (Lipinski definition) is 3. The summed E-state index contributed by atoms with van der Waals surface area (Å²) in [6, 6.07) is 0.141. The van der Waals surface area contributed by atoms with Crippen LogP contribution in [0.1, 0.15) is 53.9 Å². The van der Waals surface area contributed by atoms with Crippen LogP contribution >= 0.6 is 0 Å². The summed E-state index contributed by atoms with van der Waals surface area (Å²) in [6.07, 6.45) is 2.37. The highest BCUT2D eigenvalue weighted by molar-refractivity contribution is 5.76. The maximum Gasteiger partial charge on any atom is 0.222 e. The van der Waals surface area contributed by atoms with Crippen molar-refractivity contribution in [2.75, 3.05) is 19.7 Å². The predicted molar refractivity (Wildman–Crippen MR) is 79.8 cm³/mol. The Kier molecular flexibility index (Phi) is 8.26. The molecule has 0 aromatic carbocycles. The zero-order chi connectivity index (χ0) is 15.1. The van der Waals surface area contributed by atoms with E-state index in [4.69, 9.17) is 10.8 Å². The molecular formula is C15H32N2O2. The van der Waals surface area contributed by atoms with E-state index in [9.17, 15) is 4.79 Å². The van der Waals surface area contributed by atoms with Gasteiger partial charge in [-0.25, -0.2) is 0 Å². The third-order valence-electron chi connectivity index (χ3n) is 3.73. The van der Waals surface area contributed by atoms with E-state index in [1.165, 1.54) is 0 Å². The van der Waals surface area contributed by atoms with Gasteiger partial charge >= 0.3 is 0 Å². The fourth-order valence-electron chi connectivity index (χ4n) is 2.43. The molecule has 1 amide bonds. The van der Waals surface area contributed by atoms with Gasteiger partial charge in [-0.3, -0.25) is 4.79 Å². The SMILES string of the molecule is CC(C)N(CCO)C(=O)CCC(CCN)C(C)(C)C. The first kappa shape index (κ1) is 18.4. The normalized spacial score (nSPS) is 13.7. The van der Waals surface area contributed by atoms with Crippen molar-refractivity contribution >= 4 is 5.91 Å². The molecule has 3 N–H and O–H groups in total. The first-order valence-electron chi connectivity index (χ1n) is 7.34. The van der Waals surface area contributed by atoms with Crippen molar-refractivity contribution in [3.63, 3.8) is 0 Å². The van der Waals surface area contributed by atoms with Gasteiger partial charge in [-0.05, 0) is 44.6 Å². The molecule has 0 rings (SSSR count). The van der Waals surface area contributed by atoms with Crippen LogP contribution in [0.25, 0.3) is 0 Å². The summed E-state index contributed by atoms with van der Waals surface area (Å²) in [5.74, 6) is 0.597. The van der Waals surface area contributed by atoms with Gasteiger partial charge in [0.05, 0.1) is 6.61 Å². The molecule has 0 radical (unpaired) electrons. The van der Waals surface area contributed by atoms with Gasteiger partial charge in [-0.2, -0.15) is 0 Å². The van der Waals surface area contributed by atoms with Crippen molar-refractivity contribution in [1.82, 2.24) is 4.90 Å². The van der Waals surface area contributed by atoms with Crippen molar-refractivity contribution in [1.29, 1.82) is 0 Å². The van der Waals surface area contributed by atoms with Gasteiger partial charge < -0.3 is 15.7 Å². The molecule has 0 fully saturated rings. The Labute approximate surface area is 118 Å². The van der Waals surface area contributed by atoms with Gasteiger partial charge in [0.15, 0.2) is 0 Å². The minimum atomic E-state index is 0.0232. The molecular weight excluding hydrogens is 240 g/mol.